The molecule has 1 rings (SSSR count). The largest absolute Gasteiger partial charge is 0.390 e. The average molecular weight is 396 g/mol. The molecule has 0 aromatic carbocycles. The lowest BCUT2D eigenvalue weighted by molar-refractivity contribution is -0.389. The molecule has 0 aliphatic rings. The summed E-state index contributed by atoms with van der Waals surface area (Å²) in [5.74, 6) is -0.404. The second-order valence-electron chi connectivity index (χ2n) is 7.65. The predicted octanol–water partition coefficient (Wildman–Crippen LogP) is 3.85. The van der Waals surface area contributed by atoms with Gasteiger partial charge in [-0.05, 0) is 51.6 Å². The zero-order valence-corrected chi connectivity index (χ0v) is 18.1. The number of carbonyl (C=O) groups is 1. The average Bonchev–Trinajstić information content (AvgIpc) is 3.03. The number of unbranched alkanes of at least 4 members (excludes halogenated alkanes) is 4. The Morgan fingerprint density at radius 1 is 1.21 bits per heavy atom. The summed E-state index contributed by atoms with van der Waals surface area (Å²) in [4.78, 5) is 25.4. The molecule has 0 saturated carbocycles. The van der Waals surface area contributed by atoms with Gasteiger partial charge in [0, 0.05) is 12.6 Å². The molecule has 0 spiro atoms. The Morgan fingerprint density at radius 2 is 1.79 bits per heavy atom. The van der Waals surface area contributed by atoms with E-state index in [2.05, 4.69) is 29.2 Å². The molecule has 8 nitrogen and oxygen atoms in total. The molecule has 160 valence electrons. The first-order valence-corrected chi connectivity index (χ1v) is 10.5. The lowest BCUT2D eigenvalue weighted by Gasteiger charge is -2.27. The van der Waals surface area contributed by atoms with E-state index < -0.39 is 11.0 Å². The van der Waals surface area contributed by atoms with Crippen LogP contribution >= 0.6 is 0 Å². The first kappa shape index (κ1) is 24.1. The van der Waals surface area contributed by atoms with Crippen molar-refractivity contribution in [2.75, 3.05) is 19.6 Å². The van der Waals surface area contributed by atoms with Gasteiger partial charge in [-0.2, -0.15) is 4.68 Å². The van der Waals surface area contributed by atoms with Crippen LogP contribution in [0.1, 0.15) is 78.0 Å². The monoisotopic (exact) mass is 395 g/mol. The quantitative estimate of drug-likeness (QED) is 0.293. The number of hydrogen-bond donors (Lipinski definition) is 1. The highest BCUT2D eigenvalue weighted by molar-refractivity contribution is 5.80. The van der Waals surface area contributed by atoms with Gasteiger partial charge in [-0.15, -0.1) is 0 Å². The zero-order chi connectivity index (χ0) is 21.1. The number of carbonyl (C=O) groups excluding carboxylic acids is 1. The number of nitrogens with zero attached hydrogens (tertiary/aromatic N) is 4. The van der Waals surface area contributed by atoms with Crippen LogP contribution in [0.4, 0.5) is 5.82 Å². The summed E-state index contributed by atoms with van der Waals surface area (Å²) in [5, 5.41) is 17.9. The van der Waals surface area contributed by atoms with E-state index in [9.17, 15) is 14.9 Å². The van der Waals surface area contributed by atoms with E-state index in [4.69, 9.17) is 0 Å². The molecule has 0 saturated heterocycles. The highest BCUT2D eigenvalue weighted by atomic mass is 16.6. The molecule has 0 fully saturated rings. The van der Waals surface area contributed by atoms with Gasteiger partial charge in [0.25, 0.3) is 0 Å². The maximum atomic E-state index is 12.6. The molecular formula is C20H37N5O3. The van der Waals surface area contributed by atoms with Crippen molar-refractivity contribution in [3.8, 4) is 0 Å². The maximum Gasteiger partial charge on any atom is 0.390 e. The summed E-state index contributed by atoms with van der Waals surface area (Å²) in [5.41, 5.74) is 0.600. The van der Waals surface area contributed by atoms with Crippen LogP contribution in [0.25, 0.3) is 0 Å². The number of aromatic nitrogens is 2. The molecule has 1 aromatic rings. The van der Waals surface area contributed by atoms with Gasteiger partial charge in [-0.3, -0.25) is 4.79 Å². The Labute approximate surface area is 168 Å². The SMILES string of the molecule is CCCCCN(CCCCC)CC(C)NC(=O)C(C)n1nc([N+](=O)[O-])cc1C. The highest BCUT2D eigenvalue weighted by Gasteiger charge is 2.25. The van der Waals surface area contributed by atoms with Crippen molar-refractivity contribution < 1.29 is 9.72 Å². The van der Waals surface area contributed by atoms with Gasteiger partial charge >= 0.3 is 5.82 Å². The molecule has 1 amide bonds. The van der Waals surface area contributed by atoms with Gasteiger partial charge in [0.2, 0.25) is 5.91 Å². The van der Waals surface area contributed by atoms with Gasteiger partial charge in [0.05, 0.1) is 16.9 Å². The van der Waals surface area contributed by atoms with Gasteiger partial charge in [0.15, 0.2) is 0 Å². The molecule has 1 N–H and O–H groups in total. The van der Waals surface area contributed by atoms with E-state index in [1.54, 1.807) is 13.8 Å². The number of aryl methyl sites for hydroxylation is 1. The van der Waals surface area contributed by atoms with Crippen LogP contribution in [0.2, 0.25) is 0 Å². The molecule has 2 atom stereocenters. The highest BCUT2D eigenvalue weighted by Crippen LogP contribution is 2.16. The van der Waals surface area contributed by atoms with Gasteiger partial charge < -0.3 is 20.3 Å². The molecule has 0 aliphatic carbocycles. The Balaban J connectivity index is 2.62. The number of rotatable bonds is 14. The van der Waals surface area contributed by atoms with Crippen LogP contribution in [-0.4, -0.2) is 51.2 Å². The fourth-order valence-electron chi connectivity index (χ4n) is 3.33. The van der Waals surface area contributed by atoms with Crippen LogP contribution in [0.3, 0.4) is 0 Å². The summed E-state index contributed by atoms with van der Waals surface area (Å²) >= 11 is 0. The number of nitrogens with one attached hydrogen (secondary N) is 1. The Bertz CT molecular complexity index is 607. The number of nitro groups is 1. The van der Waals surface area contributed by atoms with E-state index in [0.717, 1.165) is 19.6 Å². The molecule has 0 aliphatic heterocycles. The Kier molecular flexibility index (Phi) is 10.7. The first-order valence-electron chi connectivity index (χ1n) is 10.5. The fourth-order valence-corrected chi connectivity index (χ4v) is 3.33. The summed E-state index contributed by atoms with van der Waals surface area (Å²) in [6, 6.07) is 0.796. The van der Waals surface area contributed by atoms with Crippen molar-refractivity contribution >= 4 is 11.7 Å². The van der Waals surface area contributed by atoms with Crippen LogP contribution < -0.4 is 5.32 Å². The van der Waals surface area contributed by atoms with Crippen molar-refractivity contribution in [1.29, 1.82) is 0 Å². The predicted molar refractivity (Wildman–Crippen MR) is 111 cm³/mol. The van der Waals surface area contributed by atoms with Crippen molar-refractivity contribution in [2.24, 2.45) is 0 Å². The summed E-state index contributed by atoms with van der Waals surface area (Å²) in [6.07, 6.45) is 7.19. The minimum atomic E-state index is -0.593. The molecule has 0 bridgehead atoms. The maximum absolute atomic E-state index is 12.6. The molecule has 0 radical (unpaired) electrons. The van der Waals surface area contributed by atoms with Crippen LogP contribution in [0, 0.1) is 17.0 Å². The van der Waals surface area contributed by atoms with E-state index in [0.29, 0.717) is 5.69 Å². The summed E-state index contributed by atoms with van der Waals surface area (Å²) < 4.78 is 1.42. The fraction of sp³-hybridized carbons (Fsp3) is 0.800. The third-order valence-corrected chi connectivity index (χ3v) is 4.92. The standard InChI is InChI=1S/C20H37N5O3/c1-6-8-10-12-23(13-11-9-7-2)15-16(3)21-20(26)18(5)24-17(4)14-19(22-24)25(27)28/h14,16,18H,6-13,15H2,1-5H3,(H,21,26). The normalized spacial score (nSPS) is 13.5. The lowest BCUT2D eigenvalue weighted by atomic mass is 10.2. The Hall–Kier alpha value is -1.96. The molecule has 8 heteroatoms. The van der Waals surface area contributed by atoms with Crippen molar-refractivity contribution in [2.45, 2.75) is 85.2 Å². The van der Waals surface area contributed by atoms with Gasteiger partial charge in [0.1, 0.15) is 6.04 Å². The van der Waals surface area contributed by atoms with E-state index in [-0.39, 0.29) is 17.8 Å². The van der Waals surface area contributed by atoms with Gasteiger partial charge in [-0.25, -0.2) is 0 Å². The van der Waals surface area contributed by atoms with E-state index >= 15 is 0 Å². The minimum absolute atomic E-state index is 0.00376. The molecule has 28 heavy (non-hydrogen) atoms. The van der Waals surface area contributed by atoms with Gasteiger partial charge in [-0.1, -0.05) is 39.5 Å². The van der Waals surface area contributed by atoms with Crippen molar-refractivity contribution in [1.82, 2.24) is 20.0 Å². The van der Waals surface area contributed by atoms with Crippen LogP contribution in [0.15, 0.2) is 6.07 Å². The first-order chi connectivity index (χ1) is 13.3. The van der Waals surface area contributed by atoms with E-state index in [1.165, 1.54) is 49.3 Å². The zero-order valence-electron chi connectivity index (χ0n) is 18.1. The van der Waals surface area contributed by atoms with Crippen LogP contribution in [0.5, 0.6) is 0 Å². The minimum Gasteiger partial charge on any atom is -0.358 e. The van der Waals surface area contributed by atoms with Crippen molar-refractivity contribution in [3.63, 3.8) is 0 Å². The second-order valence-corrected chi connectivity index (χ2v) is 7.65. The Morgan fingerprint density at radius 3 is 2.25 bits per heavy atom. The second kappa shape index (κ2) is 12.5. The lowest BCUT2D eigenvalue weighted by Crippen LogP contribution is -2.44. The van der Waals surface area contributed by atoms with E-state index in [1.807, 2.05) is 6.92 Å². The third kappa shape index (κ3) is 7.96. The topological polar surface area (TPSA) is 93.3 Å². The smallest absolute Gasteiger partial charge is 0.358 e. The van der Waals surface area contributed by atoms with Crippen LogP contribution in [-0.2, 0) is 4.79 Å². The molecule has 1 heterocycles. The summed E-state index contributed by atoms with van der Waals surface area (Å²) in [7, 11) is 0. The number of hydrogen-bond acceptors (Lipinski definition) is 5. The molecule has 1 aromatic heterocycles. The third-order valence-electron chi connectivity index (χ3n) is 4.92. The number of amides is 1. The molecular weight excluding hydrogens is 358 g/mol. The van der Waals surface area contributed by atoms with Crippen molar-refractivity contribution in [3.05, 3.63) is 21.9 Å². The summed E-state index contributed by atoms with van der Waals surface area (Å²) in [6.45, 7) is 12.8. The molecule has 2 unspecified atom stereocenters.